The van der Waals surface area contributed by atoms with Crippen molar-refractivity contribution >= 4 is 10.1 Å². The summed E-state index contributed by atoms with van der Waals surface area (Å²) >= 11 is 0. The fraction of sp³-hybridized carbons (Fsp3) is 0.684. The van der Waals surface area contributed by atoms with E-state index in [0.717, 1.165) is 5.56 Å². The van der Waals surface area contributed by atoms with Crippen LogP contribution >= 0.6 is 0 Å². The van der Waals surface area contributed by atoms with E-state index in [-0.39, 0.29) is 11.5 Å². The average Bonchev–Trinajstić information content (AvgIpc) is 3.18. The van der Waals surface area contributed by atoms with Gasteiger partial charge in [0.25, 0.3) is 10.1 Å². The van der Waals surface area contributed by atoms with E-state index in [1.54, 1.807) is 39.8 Å². The third kappa shape index (κ3) is 3.85. The second kappa shape index (κ2) is 6.73. The summed E-state index contributed by atoms with van der Waals surface area (Å²) in [4.78, 5) is 0.0717. The lowest BCUT2D eigenvalue weighted by molar-refractivity contribution is -0.230. The van der Waals surface area contributed by atoms with Crippen molar-refractivity contribution in [3.8, 4) is 0 Å². The van der Waals surface area contributed by atoms with Gasteiger partial charge < -0.3 is 23.7 Å². The molecule has 0 spiro atoms. The van der Waals surface area contributed by atoms with Crippen molar-refractivity contribution in [2.24, 2.45) is 0 Å². The van der Waals surface area contributed by atoms with Crippen molar-refractivity contribution in [2.45, 2.75) is 81.8 Å². The van der Waals surface area contributed by atoms with Gasteiger partial charge in [-0.05, 0) is 46.8 Å². The first-order chi connectivity index (χ1) is 13.0. The van der Waals surface area contributed by atoms with Gasteiger partial charge in [-0.15, -0.1) is 0 Å². The van der Waals surface area contributed by atoms with Gasteiger partial charge in [0.15, 0.2) is 17.9 Å². The largest absolute Gasteiger partial charge is 0.348 e. The van der Waals surface area contributed by atoms with Gasteiger partial charge in [-0.1, -0.05) is 17.7 Å². The highest BCUT2D eigenvalue weighted by molar-refractivity contribution is 7.86. The summed E-state index contributed by atoms with van der Waals surface area (Å²) in [5.74, 6) is -1.69. The highest BCUT2D eigenvalue weighted by atomic mass is 32.2. The van der Waals surface area contributed by atoms with Crippen LogP contribution in [0.5, 0.6) is 0 Å². The van der Waals surface area contributed by atoms with Crippen LogP contribution in [0.4, 0.5) is 0 Å². The third-order valence-electron chi connectivity index (χ3n) is 4.97. The number of benzene rings is 1. The van der Waals surface area contributed by atoms with Gasteiger partial charge in [-0.2, -0.15) is 8.42 Å². The summed E-state index contributed by atoms with van der Waals surface area (Å²) in [6, 6.07) is 6.47. The fourth-order valence-corrected chi connectivity index (χ4v) is 4.79. The van der Waals surface area contributed by atoms with Crippen molar-refractivity contribution in [1.82, 2.24) is 0 Å². The van der Waals surface area contributed by atoms with Gasteiger partial charge >= 0.3 is 0 Å². The van der Waals surface area contributed by atoms with Crippen LogP contribution < -0.4 is 0 Å². The van der Waals surface area contributed by atoms with E-state index >= 15 is 0 Å². The van der Waals surface area contributed by atoms with Gasteiger partial charge in [-0.25, -0.2) is 0 Å². The molecule has 3 aliphatic rings. The van der Waals surface area contributed by atoms with Gasteiger partial charge in [0.05, 0.1) is 11.5 Å². The number of rotatable bonds is 4. The van der Waals surface area contributed by atoms with Crippen LogP contribution in [0.15, 0.2) is 29.2 Å². The Bertz CT molecular complexity index is 832. The van der Waals surface area contributed by atoms with E-state index in [1.807, 2.05) is 6.92 Å². The SMILES string of the molecule is Cc1ccc(S(=O)(=O)O[C@H]2C3OC(C)(C)O[C@H]3O[C@H]2[C@@H]2COC(C)(C)O2)cc1. The molecule has 28 heavy (non-hydrogen) atoms. The predicted octanol–water partition coefficient (Wildman–Crippen LogP) is 2.10. The predicted molar refractivity (Wildman–Crippen MR) is 96.8 cm³/mol. The first-order valence-electron chi connectivity index (χ1n) is 9.29. The molecule has 8 nitrogen and oxygen atoms in total. The van der Waals surface area contributed by atoms with Crippen LogP contribution in [-0.4, -0.2) is 57.3 Å². The average molecular weight is 414 g/mol. The minimum absolute atomic E-state index is 0.0717. The second-order valence-electron chi connectivity index (χ2n) is 8.26. The van der Waals surface area contributed by atoms with Crippen LogP contribution in [0.1, 0.15) is 33.3 Å². The summed E-state index contributed by atoms with van der Waals surface area (Å²) in [6.45, 7) is 9.20. The van der Waals surface area contributed by atoms with E-state index in [1.165, 1.54) is 12.1 Å². The summed E-state index contributed by atoms with van der Waals surface area (Å²) in [5.41, 5.74) is 0.953. The zero-order valence-corrected chi connectivity index (χ0v) is 17.4. The molecule has 4 rings (SSSR count). The van der Waals surface area contributed by atoms with Crippen molar-refractivity contribution in [1.29, 1.82) is 0 Å². The van der Waals surface area contributed by atoms with Gasteiger partial charge in [0.1, 0.15) is 24.4 Å². The van der Waals surface area contributed by atoms with Crippen LogP contribution in [0.25, 0.3) is 0 Å². The normalized spacial score (nSPS) is 36.5. The Kier molecular flexibility index (Phi) is 4.86. The Labute approximate surface area is 165 Å². The molecule has 0 aliphatic carbocycles. The van der Waals surface area contributed by atoms with Crippen molar-refractivity contribution in [2.75, 3.05) is 6.61 Å². The van der Waals surface area contributed by atoms with E-state index in [0.29, 0.717) is 0 Å². The first-order valence-corrected chi connectivity index (χ1v) is 10.7. The lowest BCUT2D eigenvalue weighted by atomic mass is 10.1. The Morgan fingerprint density at radius 3 is 2.25 bits per heavy atom. The number of ether oxygens (including phenoxy) is 5. The molecule has 1 aromatic carbocycles. The maximum Gasteiger partial charge on any atom is 0.297 e. The first kappa shape index (κ1) is 20.2. The second-order valence-corrected chi connectivity index (χ2v) is 9.84. The maximum atomic E-state index is 12.9. The van der Waals surface area contributed by atoms with Crippen molar-refractivity contribution < 1.29 is 36.3 Å². The molecule has 3 fully saturated rings. The van der Waals surface area contributed by atoms with Crippen molar-refractivity contribution in [3.63, 3.8) is 0 Å². The van der Waals surface area contributed by atoms with Gasteiger partial charge in [0.2, 0.25) is 0 Å². The Hall–Kier alpha value is -1.07. The van der Waals surface area contributed by atoms with Crippen LogP contribution in [0.3, 0.4) is 0 Å². The zero-order chi connectivity index (χ0) is 20.3. The Balaban J connectivity index is 1.61. The van der Waals surface area contributed by atoms with E-state index < -0.39 is 52.4 Å². The third-order valence-corrected chi connectivity index (χ3v) is 6.30. The van der Waals surface area contributed by atoms with Crippen molar-refractivity contribution in [3.05, 3.63) is 29.8 Å². The molecule has 1 aromatic rings. The van der Waals surface area contributed by atoms with Crippen LogP contribution in [-0.2, 0) is 38.0 Å². The molecule has 9 heteroatoms. The quantitative estimate of drug-likeness (QED) is 0.692. The molecule has 3 heterocycles. The molecule has 0 saturated carbocycles. The zero-order valence-electron chi connectivity index (χ0n) is 16.6. The highest BCUT2D eigenvalue weighted by Crippen LogP contribution is 2.42. The number of hydrogen-bond donors (Lipinski definition) is 0. The molecule has 0 radical (unpaired) electrons. The molecular formula is C19H26O8S. The Morgan fingerprint density at radius 2 is 1.64 bits per heavy atom. The number of hydrogen-bond acceptors (Lipinski definition) is 8. The Morgan fingerprint density at radius 1 is 0.964 bits per heavy atom. The molecule has 1 unspecified atom stereocenters. The maximum absolute atomic E-state index is 12.9. The molecule has 0 aromatic heterocycles. The van der Waals surface area contributed by atoms with E-state index in [2.05, 4.69) is 0 Å². The minimum atomic E-state index is -4.04. The molecule has 3 aliphatic heterocycles. The lowest BCUT2D eigenvalue weighted by Gasteiger charge is -2.28. The van der Waals surface area contributed by atoms with Gasteiger partial charge in [0, 0.05) is 0 Å². The molecule has 0 N–H and O–H groups in total. The summed E-state index contributed by atoms with van der Waals surface area (Å²) in [6.07, 6.45) is -3.60. The van der Waals surface area contributed by atoms with Crippen LogP contribution in [0.2, 0.25) is 0 Å². The van der Waals surface area contributed by atoms with Gasteiger partial charge in [-0.3, -0.25) is 4.18 Å². The summed E-state index contributed by atoms with van der Waals surface area (Å²) in [5, 5.41) is 0. The fourth-order valence-electron chi connectivity index (χ4n) is 3.70. The van der Waals surface area contributed by atoms with E-state index in [9.17, 15) is 8.42 Å². The molecule has 5 atom stereocenters. The van der Waals surface area contributed by atoms with Crippen LogP contribution in [0, 0.1) is 6.92 Å². The monoisotopic (exact) mass is 414 g/mol. The molecule has 0 amide bonds. The topological polar surface area (TPSA) is 89.5 Å². The smallest absolute Gasteiger partial charge is 0.297 e. The van der Waals surface area contributed by atoms with E-state index in [4.69, 9.17) is 27.9 Å². The summed E-state index contributed by atoms with van der Waals surface area (Å²) in [7, 11) is -4.04. The standard InChI is InChI=1S/C19H26O8S/c1-11-6-8-12(9-7-11)28(20,21)27-15-14(13-10-22-18(2,3)24-13)23-17-16(15)25-19(4,5)26-17/h6-9,13-17H,10H2,1-5H3/t13-,14-,15+,16?,17+/m0/s1. The molecule has 0 bridgehead atoms. The molecule has 156 valence electrons. The number of fused-ring (bicyclic) bond motifs is 1. The number of aryl methyl sites for hydroxylation is 1. The minimum Gasteiger partial charge on any atom is -0.348 e. The summed E-state index contributed by atoms with van der Waals surface area (Å²) < 4.78 is 60.5. The lowest BCUT2D eigenvalue weighted by Crippen LogP contribution is -2.45. The molecule has 3 saturated heterocycles. The molecular weight excluding hydrogens is 388 g/mol. The highest BCUT2D eigenvalue weighted by Gasteiger charge is 2.60.